The molecule has 0 saturated heterocycles. The summed E-state index contributed by atoms with van der Waals surface area (Å²) >= 11 is 0. The molecule has 0 radical (unpaired) electrons. The Hall–Kier alpha value is -2.43. The minimum absolute atomic E-state index is 0.0147. The fourth-order valence-corrected chi connectivity index (χ4v) is 3.59. The normalized spacial score (nSPS) is 27.6. The van der Waals surface area contributed by atoms with Crippen LogP contribution in [-0.4, -0.2) is 30.9 Å². The molecule has 3 unspecified atom stereocenters. The molecule has 0 aliphatic heterocycles. The Morgan fingerprint density at radius 1 is 1.22 bits per heavy atom. The fourth-order valence-electron chi connectivity index (χ4n) is 3.59. The molecule has 5 heteroatoms. The molecule has 2 aliphatic carbocycles. The Labute approximate surface area is 160 Å². The van der Waals surface area contributed by atoms with Crippen LogP contribution in [0.3, 0.4) is 0 Å². The smallest absolute Gasteiger partial charge is 0.333 e. The van der Waals surface area contributed by atoms with Crippen molar-refractivity contribution in [3.05, 3.63) is 47.1 Å². The fraction of sp³-hybridized carbons (Fsp3) is 0.500. The van der Waals surface area contributed by atoms with Crippen molar-refractivity contribution in [3.63, 3.8) is 0 Å². The van der Waals surface area contributed by atoms with Crippen LogP contribution >= 0.6 is 0 Å². The van der Waals surface area contributed by atoms with Crippen LogP contribution in [0.1, 0.15) is 41.0 Å². The largest absolute Gasteiger partial charge is 0.466 e. The van der Waals surface area contributed by atoms with Crippen LogP contribution in [-0.2, 0) is 23.9 Å². The van der Waals surface area contributed by atoms with E-state index in [1.165, 1.54) is 7.11 Å². The summed E-state index contributed by atoms with van der Waals surface area (Å²) in [6, 6.07) is 0. The Morgan fingerprint density at radius 2 is 1.89 bits per heavy atom. The van der Waals surface area contributed by atoms with Crippen molar-refractivity contribution >= 4 is 17.7 Å². The number of Topliss-reactive ketones (excluding diaryl/α,β-unsaturated/α-hetero) is 1. The summed E-state index contributed by atoms with van der Waals surface area (Å²) in [4.78, 5) is 36.5. The van der Waals surface area contributed by atoms with Crippen molar-refractivity contribution in [1.29, 1.82) is 0 Å². The topological polar surface area (TPSA) is 69.7 Å². The number of hydrogen-bond donors (Lipinski definition) is 0. The first-order chi connectivity index (χ1) is 12.6. The molecule has 0 aromatic carbocycles. The molecule has 0 aromatic heterocycles. The van der Waals surface area contributed by atoms with Crippen LogP contribution in [0.5, 0.6) is 0 Å². The van der Waals surface area contributed by atoms with Gasteiger partial charge in [-0.3, -0.25) is 9.59 Å². The standard InChI is InChI=1S/C22H28O5/c1-7-8-9-10-15-14(3)18(12-17(15)23)27-21(25)19-16(22(19,4)5)11-13(2)20(24)26-6/h7-11,16,18-19H,12H2,1-6H3. The van der Waals surface area contributed by atoms with Crippen LogP contribution < -0.4 is 0 Å². The molecule has 2 aliphatic rings. The molecule has 2 rings (SSSR count). The molecule has 1 fully saturated rings. The number of carbonyl (C=O) groups excluding carboxylic acids is 3. The van der Waals surface area contributed by atoms with Crippen molar-refractivity contribution in [2.45, 2.75) is 47.1 Å². The van der Waals surface area contributed by atoms with Gasteiger partial charge in [0, 0.05) is 11.1 Å². The Kier molecular flexibility index (Phi) is 6.24. The second-order valence-corrected chi connectivity index (χ2v) is 7.70. The maximum atomic E-state index is 12.7. The van der Waals surface area contributed by atoms with Gasteiger partial charge in [0.15, 0.2) is 5.78 Å². The van der Waals surface area contributed by atoms with Gasteiger partial charge in [-0.1, -0.05) is 44.2 Å². The molecule has 0 bridgehead atoms. The number of esters is 2. The van der Waals surface area contributed by atoms with E-state index in [1.807, 2.05) is 39.8 Å². The molecule has 3 atom stereocenters. The zero-order valence-corrected chi connectivity index (χ0v) is 16.9. The number of rotatable bonds is 6. The maximum Gasteiger partial charge on any atom is 0.333 e. The third kappa shape index (κ3) is 4.29. The first-order valence-corrected chi connectivity index (χ1v) is 9.15. The quantitative estimate of drug-likeness (QED) is 0.404. The van der Waals surface area contributed by atoms with Crippen LogP contribution in [0.2, 0.25) is 0 Å². The van der Waals surface area contributed by atoms with E-state index < -0.39 is 12.1 Å². The average molecular weight is 372 g/mol. The summed E-state index contributed by atoms with van der Waals surface area (Å²) in [6.45, 7) is 9.34. The van der Waals surface area contributed by atoms with Crippen LogP contribution in [0, 0.1) is 17.3 Å². The van der Waals surface area contributed by atoms with Crippen molar-refractivity contribution in [2.75, 3.05) is 7.11 Å². The summed E-state index contributed by atoms with van der Waals surface area (Å²) in [5, 5.41) is 0. The zero-order valence-electron chi connectivity index (χ0n) is 16.9. The van der Waals surface area contributed by atoms with Gasteiger partial charge >= 0.3 is 11.9 Å². The lowest BCUT2D eigenvalue weighted by Gasteiger charge is -2.13. The van der Waals surface area contributed by atoms with E-state index in [0.29, 0.717) is 11.1 Å². The molecule has 0 amide bonds. The number of methoxy groups -OCH3 is 1. The van der Waals surface area contributed by atoms with Gasteiger partial charge in [-0.05, 0) is 37.7 Å². The first-order valence-electron chi connectivity index (χ1n) is 9.15. The second kappa shape index (κ2) is 8.07. The van der Waals surface area contributed by atoms with Gasteiger partial charge in [-0.15, -0.1) is 0 Å². The van der Waals surface area contributed by atoms with Crippen molar-refractivity contribution in [3.8, 4) is 0 Å². The van der Waals surface area contributed by atoms with Gasteiger partial charge < -0.3 is 9.47 Å². The molecular weight excluding hydrogens is 344 g/mol. The summed E-state index contributed by atoms with van der Waals surface area (Å²) in [5.74, 6) is -1.15. The van der Waals surface area contributed by atoms with Gasteiger partial charge in [-0.25, -0.2) is 4.79 Å². The van der Waals surface area contributed by atoms with Crippen LogP contribution in [0.4, 0.5) is 0 Å². The minimum Gasteiger partial charge on any atom is -0.466 e. The molecule has 0 N–H and O–H groups in total. The van der Waals surface area contributed by atoms with E-state index in [9.17, 15) is 14.4 Å². The van der Waals surface area contributed by atoms with Crippen molar-refractivity contribution < 1.29 is 23.9 Å². The molecule has 146 valence electrons. The molecule has 27 heavy (non-hydrogen) atoms. The number of ketones is 1. The van der Waals surface area contributed by atoms with Gasteiger partial charge in [0.1, 0.15) is 6.10 Å². The van der Waals surface area contributed by atoms with Crippen molar-refractivity contribution in [1.82, 2.24) is 0 Å². The van der Waals surface area contributed by atoms with E-state index >= 15 is 0 Å². The highest BCUT2D eigenvalue weighted by atomic mass is 16.5. The molecule has 5 nitrogen and oxygen atoms in total. The summed E-state index contributed by atoms with van der Waals surface area (Å²) in [5.41, 5.74) is 1.58. The predicted octanol–water partition coefficient (Wildman–Crippen LogP) is 3.71. The van der Waals surface area contributed by atoms with Crippen LogP contribution in [0.15, 0.2) is 47.1 Å². The average Bonchev–Trinajstić information content (AvgIpc) is 3.05. The third-order valence-electron chi connectivity index (χ3n) is 5.51. The second-order valence-electron chi connectivity index (χ2n) is 7.70. The SMILES string of the molecule is CC=CC=CC1=C(C)C(OC(=O)C2C(C=C(C)C(=O)OC)C2(C)C)CC1=O. The van der Waals surface area contributed by atoms with E-state index in [4.69, 9.17) is 9.47 Å². The summed E-state index contributed by atoms with van der Waals surface area (Å²) in [6.07, 6.45) is 8.74. The summed E-state index contributed by atoms with van der Waals surface area (Å²) in [7, 11) is 1.33. The molecule has 1 saturated carbocycles. The summed E-state index contributed by atoms with van der Waals surface area (Å²) < 4.78 is 10.4. The highest BCUT2D eigenvalue weighted by molar-refractivity contribution is 6.02. The highest BCUT2D eigenvalue weighted by Gasteiger charge is 2.62. The van der Waals surface area contributed by atoms with Gasteiger partial charge in [0.2, 0.25) is 0 Å². The van der Waals surface area contributed by atoms with E-state index in [0.717, 1.165) is 5.57 Å². The number of hydrogen-bond acceptors (Lipinski definition) is 5. The van der Waals surface area contributed by atoms with Crippen LogP contribution in [0.25, 0.3) is 0 Å². The van der Waals surface area contributed by atoms with Gasteiger partial charge in [0.05, 0.1) is 19.4 Å². The van der Waals surface area contributed by atoms with E-state index in [2.05, 4.69) is 0 Å². The Morgan fingerprint density at radius 3 is 2.48 bits per heavy atom. The lowest BCUT2D eigenvalue weighted by molar-refractivity contribution is -0.150. The van der Waals surface area contributed by atoms with Crippen molar-refractivity contribution in [2.24, 2.45) is 17.3 Å². The van der Waals surface area contributed by atoms with Gasteiger partial charge in [0.25, 0.3) is 0 Å². The molecule has 0 spiro atoms. The Bertz CT molecular complexity index is 764. The maximum absolute atomic E-state index is 12.7. The van der Waals surface area contributed by atoms with E-state index in [1.54, 1.807) is 25.2 Å². The number of carbonyl (C=O) groups is 3. The number of ether oxygens (including phenoxy) is 2. The first kappa shape index (κ1) is 20.9. The van der Waals surface area contributed by atoms with Gasteiger partial charge in [-0.2, -0.15) is 0 Å². The molecule has 0 heterocycles. The molecular formula is C22H28O5. The third-order valence-corrected chi connectivity index (χ3v) is 5.51. The zero-order chi connectivity index (χ0) is 20.4. The number of allylic oxidation sites excluding steroid dienone is 6. The van der Waals surface area contributed by atoms with E-state index in [-0.39, 0.29) is 35.4 Å². The highest BCUT2D eigenvalue weighted by Crippen LogP contribution is 2.60. The lowest BCUT2D eigenvalue weighted by Crippen LogP contribution is -2.20. The lowest BCUT2D eigenvalue weighted by atomic mass is 10.1. The molecule has 0 aromatic rings. The predicted molar refractivity (Wildman–Crippen MR) is 103 cm³/mol. The monoisotopic (exact) mass is 372 g/mol. The Balaban J connectivity index is 2.09. The minimum atomic E-state index is -0.516.